The lowest BCUT2D eigenvalue weighted by atomic mass is 9.47. The van der Waals surface area contributed by atoms with Gasteiger partial charge in [0.2, 0.25) is 11.8 Å². The molecule has 2 fully saturated rings. The van der Waals surface area contributed by atoms with Crippen molar-refractivity contribution in [2.75, 3.05) is 25.0 Å². The molecule has 0 unspecified atom stereocenters. The molecule has 5 atom stereocenters. The van der Waals surface area contributed by atoms with Crippen molar-refractivity contribution < 1.29 is 19.8 Å². The number of piperidine rings is 1. The molecule has 1 aromatic rings. The Morgan fingerprint density at radius 1 is 1.20 bits per heavy atom. The topological polar surface area (TPSA) is 103 Å². The molecule has 4 rings (SSSR count). The number of nitrogens with zero attached hydrogens (tertiary/aromatic N) is 2. The highest BCUT2D eigenvalue weighted by molar-refractivity contribution is 7.15. The van der Waals surface area contributed by atoms with E-state index in [0.717, 1.165) is 62.2 Å². The van der Waals surface area contributed by atoms with Crippen LogP contribution in [0, 0.1) is 16.7 Å². The molecule has 3 N–H and O–H groups in total. The number of carbonyl (C=O) groups excluding carboxylic acids is 2. The first-order valence-corrected chi connectivity index (χ1v) is 14.4. The lowest BCUT2D eigenvalue weighted by molar-refractivity contribution is -0.147. The number of unbranched alkanes of at least 4 members (excludes halogenated alkanes) is 2. The second-order valence-corrected chi connectivity index (χ2v) is 12.6. The van der Waals surface area contributed by atoms with E-state index < -0.39 is 11.5 Å². The van der Waals surface area contributed by atoms with Gasteiger partial charge in [0, 0.05) is 42.1 Å². The van der Waals surface area contributed by atoms with E-state index in [1.165, 1.54) is 17.8 Å². The van der Waals surface area contributed by atoms with Gasteiger partial charge in [0.15, 0.2) is 5.13 Å². The monoisotopic (exact) mass is 505 g/mol. The van der Waals surface area contributed by atoms with Gasteiger partial charge in [-0.15, -0.1) is 11.3 Å². The third-order valence-corrected chi connectivity index (χ3v) is 10.2. The fraction of sp³-hybridized carbons (Fsp3) is 0.815. The van der Waals surface area contributed by atoms with Crippen LogP contribution in [0.5, 0.6) is 0 Å². The Kier molecular flexibility index (Phi) is 8.23. The Morgan fingerprint density at radius 2 is 1.94 bits per heavy atom. The number of hydrogen-bond donors (Lipinski definition) is 3. The summed E-state index contributed by atoms with van der Waals surface area (Å²) in [6, 6.07) is 0. The number of amides is 2. The van der Waals surface area contributed by atoms with E-state index in [9.17, 15) is 19.8 Å². The van der Waals surface area contributed by atoms with Gasteiger partial charge in [-0.2, -0.15) is 0 Å². The minimum absolute atomic E-state index is 0.00950. The molecular weight excluding hydrogens is 462 g/mol. The van der Waals surface area contributed by atoms with Gasteiger partial charge in [-0.05, 0) is 56.3 Å². The summed E-state index contributed by atoms with van der Waals surface area (Å²) in [7, 11) is 0. The maximum Gasteiger partial charge on any atom is 0.226 e. The van der Waals surface area contributed by atoms with Crippen molar-refractivity contribution in [2.45, 2.75) is 103 Å². The van der Waals surface area contributed by atoms with Gasteiger partial charge in [-0.25, -0.2) is 4.98 Å². The molecule has 2 amide bonds. The van der Waals surface area contributed by atoms with Crippen molar-refractivity contribution in [1.29, 1.82) is 0 Å². The molecular formula is C27H43N3O4S. The van der Waals surface area contributed by atoms with Crippen LogP contribution in [0.15, 0.2) is 0 Å². The van der Waals surface area contributed by atoms with Gasteiger partial charge in [0.1, 0.15) is 0 Å². The number of carbonyl (C=O) groups is 2. The highest BCUT2D eigenvalue weighted by atomic mass is 32.1. The number of aliphatic hydroxyl groups is 2. The van der Waals surface area contributed by atoms with Crippen LogP contribution in [-0.2, 0) is 16.0 Å². The smallest absolute Gasteiger partial charge is 0.226 e. The standard InChI is InChI=1S/C27H43N3O4S/c1-4-5-7-10-22(33)28-25-29-24-18(15-23(34)30-13-8-6-9-14-30)26(2)12-11-21(32)27(3,17-31)20(26)16-19(24)35-25/h18,20-21,31-32H,4-17H2,1-3H3,(H,28,29,33)/t18-,20-,21-,26+,27+/m1/s1. The van der Waals surface area contributed by atoms with Crippen molar-refractivity contribution >= 4 is 28.3 Å². The van der Waals surface area contributed by atoms with Gasteiger partial charge in [0.25, 0.3) is 0 Å². The van der Waals surface area contributed by atoms with Crippen molar-refractivity contribution in [3.8, 4) is 0 Å². The molecule has 35 heavy (non-hydrogen) atoms. The van der Waals surface area contributed by atoms with Crippen LogP contribution in [0.4, 0.5) is 5.13 Å². The van der Waals surface area contributed by atoms with Crippen LogP contribution < -0.4 is 5.32 Å². The SMILES string of the molecule is CCCCCC(=O)Nc1nc2c(s1)C[C@H]1[C@](C)(CO)[C@H](O)CC[C@@]1(C)[C@@H]2CC(=O)N1CCCCC1. The summed E-state index contributed by atoms with van der Waals surface area (Å²) in [5, 5.41) is 25.0. The molecule has 8 heteroatoms. The average molecular weight is 506 g/mol. The van der Waals surface area contributed by atoms with E-state index in [0.29, 0.717) is 30.8 Å². The van der Waals surface area contributed by atoms with E-state index in [4.69, 9.17) is 4.98 Å². The summed E-state index contributed by atoms with van der Waals surface area (Å²) in [5.74, 6) is 0.109. The summed E-state index contributed by atoms with van der Waals surface area (Å²) in [4.78, 5) is 34.0. The number of hydrogen-bond acceptors (Lipinski definition) is 6. The highest BCUT2D eigenvalue weighted by Gasteiger charge is 2.59. The first-order chi connectivity index (χ1) is 16.7. The molecule has 2 heterocycles. The fourth-order valence-corrected chi connectivity index (χ4v) is 7.95. The number of aliphatic hydroxyl groups excluding tert-OH is 2. The van der Waals surface area contributed by atoms with Gasteiger partial charge in [0.05, 0.1) is 18.4 Å². The molecule has 1 saturated heterocycles. The quantitative estimate of drug-likeness (QED) is 0.452. The number of anilines is 1. The van der Waals surface area contributed by atoms with Crippen molar-refractivity contribution in [2.24, 2.45) is 16.7 Å². The van der Waals surface area contributed by atoms with Crippen LogP contribution in [0.3, 0.4) is 0 Å². The molecule has 3 aliphatic rings. The fourth-order valence-electron chi connectivity index (χ4n) is 6.86. The number of likely N-dealkylation sites (tertiary alicyclic amines) is 1. The van der Waals surface area contributed by atoms with Crippen molar-refractivity contribution in [1.82, 2.24) is 9.88 Å². The average Bonchev–Trinajstić information content (AvgIpc) is 3.25. The molecule has 1 aromatic heterocycles. The number of nitrogens with one attached hydrogen (secondary N) is 1. The number of aromatic nitrogens is 1. The molecule has 196 valence electrons. The molecule has 1 aliphatic heterocycles. The maximum absolute atomic E-state index is 13.5. The zero-order valence-corrected chi connectivity index (χ0v) is 22.5. The molecule has 0 aromatic carbocycles. The van der Waals surface area contributed by atoms with Gasteiger partial charge in [-0.1, -0.05) is 33.6 Å². The first kappa shape index (κ1) is 26.6. The maximum atomic E-state index is 13.5. The summed E-state index contributed by atoms with van der Waals surface area (Å²) < 4.78 is 0. The highest BCUT2D eigenvalue weighted by Crippen LogP contribution is 2.63. The van der Waals surface area contributed by atoms with E-state index in [-0.39, 0.29) is 35.7 Å². The molecule has 2 aliphatic carbocycles. The Morgan fingerprint density at radius 3 is 2.63 bits per heavy atom. The number of fused-ring (bicyclic) bond motifs is 2. The van der Waals surface area contributed by atoms with E-state index in [2.05, 4.69) is 19.2 Å². The molecule has 0 radical (unpaired) electrons. The van der Waals surface area contributed by atoms with E-state index >= 15 is 0 Å². The molecule has 1 saturated carbocycles. The molecule has 7 nitrogen and oxygen atoms in total. The summed E-state index contributed by atoms with van der Waals surface area (Å²) >= 11 is 1.50. The Bertz CT molecular complexity index is 914. The predicted molar refractivity (Wildman–Crippen MR) is 138 cm³/mol. The summed E-state index contributed by atoms with van der Waals surface area (Å²) in [6.45, 7) is 7.90. The van der Waals surface area contributed by atoms with Crippen molar-refractivity contribution in [3.05, 3.63) is 10.6 Å². The molecule has 0 bridgehead atoms. The van der Waals surface area contributed by atoms with Crippen LogP contribution in [0.1, 0.15) is 101 Å². The van der Waals surface area contributed by atoms with Crippen LogP contribution in [0.25, 0.3) is 0 Å². The lowest BCUT2D eigenvalue weighted by Gasteiger charge is -2.58. The third kappa shape index (κ3) is 5.16. The predicted octanol–water partition coefficient (Wildman–Crippen LogP) is 4.48. The van der Waals surface area contributed by atoms with E-state index in [1.54, 1.807) is 0 Å². The lowest BCUT2D eigenvalue weighted by Crippen LogP contribution is -2.57. The minimum atomic E-state index is -0.634. The van der Waals surface area contributed by atoms with E-state index in [1.807, 2.05) is 11.8 Å². The summed E-state index contributed by atoms with van der Waals surface area (Å²) in [6.07, 6.45) is 8.68. The van der Waals surface area contributed by atoms with Crippen LogP contribution in [0.2, 0.25) is 0 Å². The van der Waals surface area contributed by atoms with Crippen LogP contribution >= 0.6 is 11.3 Å². The second-order valence-electron chi connectivity index (χ2n) is 11.5. The Labute approximate surface area is 213 Å². The zero-order chi connectivity index (χ0) is 25.2. The normalized spacial score (nSPS) is 32.6. The van der Waals surface area contributed by atoms with Gasteiger partial charge >= 0.3 is 0 Å². The van der Waals surface area contributed by atoms with Crippen molar-refractivity contribution in [3.63, 3.8) is 0 Å². The summed E-state index contributed by atoms with van der Waals surface area (Å²) in [5.41, 5.74) is 0.0516. The Balaban J connectivity index is 1.65. The largest absolute Gasteiger partial charge is 0.396 e. The van der Waals surface area contributed by atoms with Gasteiger partial charge < -0.3 is 20.4 Å². The minimum Gasteiger partial charge on any atom is -0.396 e. The first-order valence-electron chi connectivity index (χ1n) is 13.6. The second kappa shape index (κ2) is 10.9. The van der Waals surface area contributed by atoms with Gasteiger partial charge in [-0.3, -0.25) is 9.59 Å². The third-order valence-electron chi connectivity index (χ3n) is 9.23. The molecule has 0 spiro atoms. The van der Waals surface area contributed by atoms with Crippen LogP contribution in [-0.4, -0.2) is 57.7 Å². The number of thiazole rings is 1. The zero-order valence-electron chi connectivity index (χ0n) is 21.6. The number of rotatable bonds is 8. The Hall–Kier alpha value is -1.51.